The van der Waals surface area contributed by atoms with Crippen molar-refractivity contribution < 1.29 is 0 Å². The number of nitrogens with one attached hydrogen (secondary N) is 1. The summed E-state index contributed by atoms with van der Waals surface area (Å²) in [6.07, 6.45) is 5.30. The van der Waals surface area contributed by atoms with Crippen molar-refractivity contribution in [2.75, 3.05) is 12.4 Å². The quantitative estimate of drug-likeness (QED) is 0.819. The Morgan fingerprint density at radius 3 is 3.07 bits per heavy atom. The molecular formula is C10H13N5. The summed E-state index contributed by atoms with van der Waals surface area (Å²) in [5.74, 6) is 1.50. The van der Waals surface area contributed by atoms with E-state index in [2.05, 4.69) is 27.2 Å². The number of rotatable bonds is 3. The highest BCUT2D eigenvalue weighted by atomic mass is 15.1. The van der Waals surface area contributed by atoms with Gasteiger partial charge in [-0.15, -0.1) is 0 Å². The van der Waals surface area contributed by atoms with Crippen LogP contribution >= 0.6 is 0 Å². The number of hydrogen-bond donors (Lipinski definition) is 1. The first-order valence-corrected chi connectivity index (χ1v) is 4.86. The van der Waals surface area contributed by atoms with Crippen molar-refractivity contribution in [3.63, 3.8) is 0 Å². The number of nitrogens with zero attached hydrogens (tertiary/aromatic N) is 4. The smallest absolute Gasteiger partial charge is 0.179 e. The third-order valence-corrected chi connectivity index (χ3v) is 2.19. The average Bonchev–Trinajstić information content (AvgIpc) is 2.77. The van der Waals surface area contributed by atoms with Crippen LogP contribution in [-0.4, -0.2) is 26.6 Å². The van der Waals surface area contributed by atoms with Gasteiger partial charge in [-0.1, -0.05) is 0 Å². The summed E-state index contributed by atoms with van der Waals surface area (Å²) in [6.45, 7) is 2.93. The van der Waals surface area contributed by atoms with Crippen molar-refractivity contribution in [3.05, 3.63) is 24.8 Å². The van der Waals surface area contributed by atoms with E-state index in [0.29, 0.717) is 5.82 Å². The highest BCUT2D eigenvalue weighted by Crippen LogP contribution is 2.15. The van der Waals surface area contributed by atoms with E-state index >= 15 is 0 Å². The predicted octanol–water partition coefficient (Wildman–Crippen LogP) is 1.40. The second-order valence-corrected chi connectivity index (χ2v) is 3.08. The summed E-state index contributed by atoms with van der Waals surface area (Å²) in [5.41, 5.74) is 0.939. The first-order chi connectivity index (χ1) is 7.35. The van der Waals surface area contributed by atoms with Crippen LogP contribution in [0.5, 0.6) is 0 Å². The van der Waals surface area contributed by atoms with Crippen LogP contribution in [0.3, 0.4) is 0 Å². The maximum absolute atomic E-state index is 4.36. The Bertz CT molecular complexity index is 449. The van der Waals surface area contributed by atoms with E-state index in [1.807, 2.05) is 17.7 Å². The fourth-order valence-corrected chi connectivity index (χ4v) is 1.38. The van der Waals surface area contributed by atoms with E-state index in [1.165, 1.54) is 0 Å². The molecule has 0 radical (unpaired) electrons. The largest absolute Gasteiger partial charge is 0.373 e. The maximum atomic E-state index is 4.36. The predicted molar refractivity (Wildman–Crippen MR) is 58.5 cm³/mol. The minimum Gasteiger partial charge on any atom is -0.373 e. The molecule has 0 fully saturated rings. The molecule has 0 amide bonds. The van der Waals surface area contributed by atoms with E-state index in [9.17, 15) is 0 Å². The molecule has 0 aliphatic rings. The number of aromatic nitrogens is 4. The van der Waals surface area contributed by atoms with Gasteiger partial charge in [0.15, 0.2) is 5.82 Å². The molecule has 2 heterocycles. The van der Waals surface area contributed by atoms with E-state index in [0.717, 1.165) is 18.1 Å². The SMILES string of the molecule is CCn1cncc1-c1nccc(NC)n1. The van der Waals surface area contributed by atoms with Crippen molar-refractivity contribution in [2.45, 2.75) is 13.5 Å². The first-order valence-electron chi connectivity index (χ1n) is 4.86. The summed E-state index contributed by atoms with van der Waals surface area (Å²) < 4.78 is 2.01. The van der Waals surface area contributed by atoms with Crippen LogP contribution < -0.4 is 5.32 Å². The Labute approximate surface area is 88.2 Å². The zero-order valence-electron chi connectivity index (χ0n) is 8.81. The number of hydrogen-bond acceptors (Lipinski definition) is 4. The Balaban J connectivity index is 2.44. The molecule has 2 rings (SSSR count). The normalized spacial score (nSPS) is 10.3. The summed E-state index contributed by atoms with van der Waals surface area (Å²) in [5, 5.41) is 2.99. The topological polar surface area (TPSA) is 55.6 Å². The van der Waals surface area contributed by atoms with Crippen molar-refractivity contribution in [3.8, 4) is 11.5 Å². The van der Waals surface area contributed by atoms with Crippen molar-refractivity contribution >= 4 is 5.82 Å². The molecule has 0 aromatic carbocycles. The maximum Gasteiger partial charge on any atom is 0.179 e. The minimum atomic E-state index is 0.696. The molecule has 0 saturated carbocycles. The van der Waals surface area contributed by atoms with Crippen molar-refractivity contribution in [2.24, 2.45) is 0 Å². The molecule has 78 valence electrons. The van der Waals surface area contributed by atoms with Crippen LogP contribution in [0.4, 0.5) is 5.82 Å². The number of imidazole rings is 1. The summed E-state index contributed by atoms with van der Waals surface area (Å²) in [6, 6.07) is 1.83. The zero-order chi connectivity index (χ0) is 10.7. The summed E-state index contributed by atoms with van der Waals surface area (Å²) >= 11 is 0. The van der Waals surface area contributed by atoms with E-state index in [4.69, 9.17) is 0 Å². The van der Waals surface area contributed by atoms with Gasteiger partial charge in [0.1, 0.15) is 11.5 Å². The molecule has 0 unspecified atom stereocenters. The number of anilines is 1. The van der Waals surface area contributed by atoms with Gasteiger partial charge >= 0.3 is 0 Å². The highest BCUT2D eigenvalue weighted by Gasteiger charge is 2.06. The monoisotopic (exact) mass is 203 g/mol. The van der Waals surface area contributed by atoms with Gasteiger partial charge < -0.3 is 9.88 Å². The molecule has 2 aromatic rings. The zero-order valence-corrected chi connectivity index (χ0v) is 8.81. The van der Waals surface area contributed by atoms with Gasteiger partial charge in [-0.2, -0.15) is 0 Å². The number of aryl methyl sites for hydroxylation is 1. The molecule has 15 heavy (non-hydrogen) atoms. The van der Waals surface area contributed by atoms with Crippen LogP contribution in [-0.2, 0) is 6.54 Å². The van der Waals surface area contributed by atoms with E-state index < -0.39 is 0 Å². The first kappa shape index (κ1) is 9.64. The van der Waals surface area contributed by atoms with Crippen LogP contribution in [0.1, 0.15) is 6.92 Å². The van der Waals surface area contributed by atoms with Gasteiger partial charge in [0.05, 0.1) is 12.5 Å². The Hall–Kier alpha value is -1.91. The lowest BCUT2D eigenvalue weighted by atomic mass is 10.4. The van der Waals surface area contributed by atoms with Gasteiger partial charge in [0.25, 0.3) is 0 Å². The molecule has 2 aromatic heterocycles. The third-order valence-electron chi connectivity index (χ3n) is 2.19. The minimum absolute atomic E-state index is 0.696. The molecule has 5 heteroatoms. The molecule has 0 spiro atoms. The lowest BCUT2D eigenvalue weighted by molar-refractivity contribution is 0.763. The van der Waals surface area contributed by atoms with Gasteiger partial charge in [-0.25, -0.2) is 15.0 Å². The molecule has 5 nitrogen and oxygen atoms in total. The van der Waals surface area contributed by atoms with Crippen LogP contribution in [0.25, 0.3) is 11.5 Å². The molecule has 0 aliphatic heterocycles. The fourth-order valence-electron chi connectivity index (χ4n) is 1.38. The molecule has 0 atom stereocenters. The highest BCUT2D eigenvalue weighted by molar-refractivity contribution is 5.51. The average molecular weight is 203 g/mol. The lowest BCUT2D eigenvalue weighted by Crippen LogP contribution is -2.00. The Morgan fingerprint density at radius 1 is 1.47 bits per heavy atom. The van der Waals surface area contributed by atoms with Gasteiger partial charge in [-0.3, -0.25) is 0 Å². The van der Waals surface area contributed by atoms with Crippen molar-refractivity contribution in [1.29, 1.82) is 0 Å². The van der Waals surface area contributed by atoms with Crippen molar-refractivity contribution in [1.82, 2.24) is 19.5 Å². The fraction of sp³-hybridized carbons (Fsp3) is 0.300. The van der Waals surface area contributed by atoms with Crippen LogP contribution in [0.15, 0.2) is 24.8 Å². The molecule has 1 N–H and O–H groups in total. The second-order valence-electron chi connectivity index (χ2n) is 3.08. The van der Waals surface area contributed by atoms with Gasteiger partial charge in [0.2, 0.25) is 0 Å². The van der Waals surface area contributed by atoms with Crippen LogP contribution in [0.2, 0.25) is 0 Å². The molecular weight excluding hydrogens is 190 g/mol. The van der Waals surface area contributed by atoms with Gasteiger partial charge in [0, 0.05) is 19.8 Å². The summed E-state index contributed by atoms with van der Waals surface area (Å²) in [4.78, 5) is 12.7. The van der Waals surface area contributed by atoms with E-state index in [-0.39, 0.29) is 0 Å². The molecule has 0 aliphatic carbocycles. The molecule has 0 bridgehead atoms. The van der Waals surface area contributed by atoms with Gasteiger partial charge in [-0.05, 0) is 13.0 Å². The summed E-state index contributed by atoms with van der Waals surface area (Å²) in [7, 11) is 1.84. The Kier molecular flexibility index (Phi) is 2.62. The Morgan fingerprint density at radius 2 is 2.33 bits per heavy atom. The standard InChI is InChI=1S/C10H13N5/c1-3-15-7-12-6-8(15)10-13-5-4-9(11-2)14-10/h4-7H,3H2,1-2H3,(H,11,13,14). The van der Waals surface area contributed by atoms with Crippen LogP contribution in [0, 0.1) is 0 Å². The third kappa shape index (κ3) is 1.81. The second kappa shape index (κ2) is 4.08. The van der Waals surface area contributed by atoms with E-state index in [1.54, 1.807) is 18.7 Å². The molecule has 0 saturated heterocycles. The lowest BCUT2D eigenvalue weighted by Gasteiger charge is -2.04.